The lowest BCUT2D eigenvalue weighted by Crippen LogP contribution is -2.55. The van der Waals surface area contributed by atoms with Crippen molar-refractivity contribution in [1.82, 2.24) is 25.5 Å². The number of hydrogen-bond acceptors (Lipinski definition) is 5. The SMILES string of the molecule is CC(NC(=O)N1CCN(c2ncccn2)CC1)C(=O)NCc1ccc(Cl)cc1. The molecule has 1 saturated heterocycles. The molecule has 0 saturated carbocycles. The van der Waals surface area contributed by atoms with Crippen LogP contribution in [-0.2, 0) is 11.3 Å². The number of aromatic nitrogens is 2. The Morgan fingerprint density at radius 2 is 1.75 bits per heavy atom. The van der Waals surface area contributed by atoms with Crippen LogP contribution < -0.4 is 15.5 Å². The highest BCUT2D eigenvalue weighted by Crippen LogP contribution is 2.10. The number of piperazine rings is 1. The Kier molecular flexibility index (Phi) is 6.65. The summed E-state index contributed by atoms with van der Waals surface area (Å²) >= 11 is 5.85. The zero-order valence-electron chi connectivity index (χ0n) is 15.6. The van der Waals surface area contributed by atoms with Crippen LogP contribution in [0.25, 0.3) is 0 Å². The van der Waals surface area contributed by atoms with E-state index in [4.69, 9.17) is 11.6 Å². The van der Waals surface area contributed by atoms with Crippen LogP contribution in [0.2, 0.25) is 5.02 Å². The van der Waals surface area contributed by atoms with Crippen molar-refractivity contribution in [3.8, 4) is 0 Å². The topological polar surface area (TPSA) is 90.5 Å². The van der Waals surface area contributed by atoms with Crippen LogP contribution in [-0.4, -0.2) is 59.0 Å². The zero-order chi connectivity index (χ0) is 19.9. The van der Waals surface area contributed by atoms with Gasteiger partial charge in [0.15, 0.2) is 0 Å². The van der Waals surface area contributed by atoms with Gasteiger partial charge < -0.3 is 20.4 Å². The normalized spacial score (nSPS) is 15.1. The highest BCUT2D eigenvalue weighted by atomic mass is 35.5. The lowest BCUT2D eigenvalue weighted by atomic mass is 10.2. The average Bonchev–Trinajstić information content (AvgIpc) is 2.73. The number of rotatable bonds is 5. The predicted octanol–water partition coefficient (Wildman–Crippen LogP) is 1.67. The zero-order valence-corrected chi connectivity index (χ0v) is 16.4. The molecule has 1 fully saturated rings. The summed E-state index contributed by atoms with van der Waals surface area (Å²) in [5.74, 6) is 0.428. The number of nitrogens with zero attached hydrogens (tertiary/aromatic N) is 4. The third-order valence-corrected chi connectivity index (χ3v) is 4.77. The molecule has 1 aromatic carbocycles. The van der Waals surface area contributed by atoms with Gasteiger partial charge in [0, 0.05) is 50.1 Å². The van der Waals surface area contributed by atoms with Crippen molar-refractivity contribution >= 4 is 29.5 Å². The van der Waals surface area contributed by atoms with E-state index >= 15 is 0 Å². The van der Waals surface area contributed by atoms with Gasteiger partial charge in [-0.05, 0) is 30.7 Å². The van der Waals surface area contributed by atoms with E-state index in [9.17, 15) is 9.59 Å². The quantitative estimate of drug-likeness (QED) is 0.793. The standard InChI is InChI=1S/C19H23ClN6O2/c1-14(17(27)23-13-15-3-5-16(20)6-4-15)24-19(28)26-11-9-25(10-12-26)18-21-7-2-8-22-18/h2-8,14H,9-13H2,1H3,(H,23,27)(H,24,28). The summed E-state index contributed by atoms with van der Waals surface area (Å²) in [5.41, 5.74) is 0.940. The van der Waals surface area contributed by atoms with Gasteiger partial charge in [-0.15, -0.1) is 0 Å². The minimum absolute atomic E-state index is 0.236. The highest BCUT2D eigenvalue weighted by Gasteiger charge is 2.24. The van der Waals surface area contributed by atoms with E-state index in [0.29, 0.717) is 43.7 Å². The molecule has 1 aliphatic heterocycles. The van der Waals surface area contributed by atoms with E-state index in [0.717, 1.165) is 5.56 Å². The Hall–Kier alpha value is -2.87. The number of nitrogens with one attached hydrogen (secondary N) is 2. The minimum atomic E-state index is -0.629. The first-order chi connectivity index (χ1) is 13.5. The average molecular weight is 403 g/mol. The van der Waals surface area contributed by atoms with Gasteiger partial charge in [-0.3, -0.25) is 4.79 Å². The van der Waals surface area contributed by atoms with Crippen molar-refractivity contribution in [2.45, 2.75) is 19.5 Å². The van der Waals surface area contributed by atoms with Crippen LogP contribution in [0.5, 0.6) is 0 Å². The van der Waals surface area contributed by atoms with Crippen molar-refractivity contribution in [3.05, 3.63) is 53.3 Å². The van der Waals surface area contributed by atoms with Crippen molar-refractivity contribution in [3.63, 3.8) is 0 Å². The maximum Gasteiger partial charge on any atom is 0.318 e. The first-order valence-electron chi connectivity index (χ1n) is 9.12. The predicted molar refractivity (Wildman–Crippen MR) is 107 cm³/mol. The molecule has 148 valence electrons. The molecule has 0 bridgehead atoms. The van der Waals surface area contributed by atoms with E-state index in [1.54, 1.807) is 42.4 Å². The van der Waals surface area contributed by atoms with Crippen LogP contribution in [0.1, 0.15) is 12.5 Å². The molecule has 1 aliphatic rings. The molecule has 1 aromatic heterocycles. The fourth-order valence-corrected chi connectivity index (χ4v) is 2.98. The van der Waals surface area contributed by atoms with Gasteiger partial charge in [0.05, 0.1) is 0 Å². The number of carbonyl (C=O) groups is 2. The van der Waals surface area contributed by atoms with Crippen molar-refractivity contribution < 1.29 is 9.59 Å². The third kappa shape index (κ3) is 5.32. The number of anilines is 1. The van der Waals surface area contributed by atoms with E-state index in [1.165, 1.54) is 0 Å². The van der Waals surface area contributed by atoms with Crippen LogP contribution in [0.4, 0.5) is 10.7 Å². The molecular formula is C19H23ClN6O2. The lowest BCUT2D eigenvalue weighted by molar-refractivity contribution is -0.122. The largest absolute Gasteiger partial charge is 0.350 e. The summed E-state index contributed by atoms with van der Waals surface area (Å²) in [6.45, 7) is 4.44. The summed E-state index contributed by atoms with van der Waals surface area (Å²) in [5, 5.41) is 6.22. The maximum atomic E-state index is 12.4. The first kappa shape index (κ1) is 19.9. The molecule has 3 rings (SSSR count). The molecular weight excluding hydrogens is 380 g/mol. The van der Waals surface area contributed by atoms with Crippen molar-refractivity contribution in [2.75, 3.05) is 31.1 Å². The number of benzene rings is 1. The molecule has 0 radical (unpaired) electrons. The fourth-order valence-electron chi connectivity index (χ4n) is 2.85. The van der Waals surface area contributed by atoms with Gasteiger partial charge in [0.2, 0.25) is 11.9 Å². The summed E-state index contributed by atoms with van der Waals surface area (Å²) in [4.78, 5) is 36.9. The molecule has 0 aliphatic carbocycles. The Bertz CT molecular complexity index is 794. The fraction of sp³-hybridized carbons (Fsp3) is 0.368. The highest BCUT2D eigenvalue weighted by molar-refractivity contribution is 6.30. The van der Waals surface area contributed by atoms with Crippen LogP contribution in [0.15, 0.2) is 42.7 Å². The number of amides is 3. The summed E-state index contributed by atoms with van der Waals surface area (Å²) in [6.07, 6.45) is 3.40. The number of carbonyl (C=O) groups excluding carboxylic acids is 2. The van der Waals surface area contributed by atoms with Crippen LogP contribution in [0, 0.1) is 0 Å². The second-order valence-corrected chi connectivity index (χ2v) is 6.97. The number of hydrogen-bond donors (Lipinski definition) is 2. The van der Waals surface area contributed by atoms with Gasteiger partial charge in [0.25, 0.3) is 0 Å². The number of urea groups is 1. The molecule has 2 aromatic rings. The summed E-state index contributed by atoms with van der Waals surface area (Å²) in [7, 11) is 0. The second kappa shape index (κ2) is 9.36. The summed E-state index contributed by atoms with van der Waals surface area (Å²) < 4.78 is 0. The van der Waals surface area contributed by atoms with E-state index in [-0.39, 0.29) is 11.9 Å². The summed E-state index contributed by atoms with van der Waals surface area (Å²) in [6, 6.07) is 8.14. The van der Waals surface area contributed by atoms with Gasteiger partial charge >= 0.3 is 6.03 Å². The molecule has 9 heteroatoms. The molecule has 1 atom stereocenters. The van der Waals surface area contributed by atoms with Gasteiger partial charge in [-0.1, -0.05) is 23.7 Å². The molecule has 1 unspecified atom stereocenters. The smallest absolute Gasteiger partial charge is 0.318 e. The Labute approximate surface area is 168 Å². The lowest BCUT2D eigenvalue weighted by Gasteiger charge is -2.35. The molecule has 2 heterocycles. The molecule has 2 N–H and O–H groups in total. The maximum absolute atomic E-state index is 12.4. The minimum Gasteiger partial charge on any atom is -0.350 e. The van der Waals surface area contributed by atoms with Crippen molar-refractivity contribution in [2.24, 2.45) is 0 Å². The van der Waals surface area contributed by atoms with Gasteiger partial charge in [-0.25, -0.2) is 14.8 Å². The van der Waals surface area contributed by atoms with Crippen LogP contribution in [0.3, 0.4) is 0 Å². The Morgan fingerprint density at radius 3 is 2.39 bits per heavy atom. The van der Waals surface area contributed by atoms with E-state index < -0.39 is 6.04 Å². The molecule has 0 spiro atoms. The van der Waals surface area contributed by atoms with Gasteiger partial charge in [0.1, 0.15) is 6.04 Å². The second-order valence-electron chi connectivity index (χ2n) is 6.54. The molecule has 8 nitrogen and oxygen atoms in total. The number of halogens is 1. The van der Waals surface area contributed by atoms with Gasteiger partial charge in [-0.2, -0.15) is 0 Å². The Morgan fingerprint density at radius 1 is 1.11 bits per heavy atom. The van der Waals surface area contributed by atoms with Crippen molar-refractivity contribution in [1.29, 1.82) is 0 Å². The molecule has 28 heavy (non-hydrogen) atoms. The van der Waals surface area contributed by atoms with E-state index in [1.807, 2.05) is 17.0 Å². The first-order valence-corrected chi connectivity index (χ1v) is 9.50. The molecule has 3 amide bonds. The Balaban J connectivity index is 1.42. The third-order valence-electron chi connectivity index (χ3n) is 4.52. The van der Waals surface area contributed by atoms with Crippen LogP contribution >= 0.6 is 11.6 Å². The van der Waals surface area contributed by atoms with E-state index in [2.05, 4.69) is 20.6 Å². The monoisotopic (exact) mass is 402 g/mol.